The molecule has 4 aromatic rings. The number of aryl methyl sites for hydroxylation is 2. The molecular weight excluding hydrogens is 630 g/mol. The topological polar surface area (TPSA) is 123 Å². The van der Waals surface area contributed by atoms with Crippen molar-refractivity contribution in [3.8, 4) is 17.2 Å². The Labute approximate surface area is 283 Å². The summed E-state index contributed by atoms with van der Waals surface area (Å²) >= 11 is 1.25. The largest absolute Gasteiger partial charge is 0.493 e. The van der Waals surface area contributed by atoms with E-state index < -0.39 is 17.1 Å². The lowest BCUT2D eigenvalue weighted by atomic mass is 10.1. The number of thioether (sulfide) groups is 1. The number of carbonyl (C=O) groups excluding carboxylic acids is 4. The number of ether oxygens (including phenoxy) is 3. The van der Waals surface area contributed by atoms with Gasteiger partial charge >= 0.3 is 0 Å². The predicted molar refractivity (Wildman–Crippen MR) is 186 cm³/mol. The lowest BCUT2D eigenvalue weighted by Gasteiger charge is -2.16. The number of hydrogen-bond donors (Lipinski definition) is 2. The molecule has 2 N–H and O–H groups in total. The zero-order chi connectivity index (χ0) is 34.4. The summed E-state index contributed by atoms with van der Waals surface area (Å²) in [4.78, 5) is 55.1. The second-order valence-corrected chi connectivity index (χ2v) is 12.3. The molecule has 11 heteroatoms. The number of nitrogens with one attached hydrogen (secondary N) is 2. The Morgan fingerprint density at radius 2 is 1.50 bits per heavy atom. The number of rotatable bonds is 11. The van der Waals surface area contributed by atoms with E-state index in [1.807, 2.05) is 32.0 Å². The summed E-state index contributed by atoms with van der Waals surface area (Å²) < 4.78 is 16.3. The highest BCUT2D eigenvalue weighted by molar-refractivity contribution is 8.00. The first-order valence-electron chi connectivity index (χ1n) is 15.0. The highest BCUT2D eigenvalue weighted by Crippen LogP contribution is 2.39. The number of anilines is 2. The fourth-order valence-corrected chi connectivity index (χ4v) is 6.46. The van der Waals surface area contributed by atoms with Crippen molar-refractivity contribution >= 4 is 52.8 Å². The van der Waals surface area contributed by atoms with Crippen LogP contribution in [0.2, 0.25) is 0 Å². The smallest absolute Gasteiger partial charge is 0.272 e. The predicted octanol–water partition coefficient (Wildman–Crippen LogP) is 6.16. The van der Waals surface area contributed by atoms with Crippen LogP contribution in [-0.2, 0) is 14.4 Å². The van der Waals surface area contributed by atoms with Crippen LogP contribution in [0.25, 0.3) is 6.08 Å². The number of nitrogens with zero attached hydrogens (tertiary/aromatic N) is 1. The first kappa shape index (κ1) is 33.8. The summed E-state index contributed by atoms with van der Waals surface area (Å²) in [6, 6.07) is 24.4. The van der Waals surface area contributed by atoms with Gasteiger partial charge in [-0.05, 0) is 91.2 Å². The summed E-state index contributed by atoms with van der Waals surface area (Å²) in [6.45, 7) is 3.85. The summed E-state index contributed by atoms with van der Waals surface area (Å²) in [7, 11) is 4.45. The van der Waals surface area contributed by atoms with Crippen molar-refractivity contribution in [2.75, 3.05) is 31.5 Å². The van der Waals surface area contributed by atoms with Crippen molar-refractivity contribution in [3.05, 3.63) is 113 Å². The summed E-state index contributed by atoms with van der Waals surface area (Å²) in [5, 5.41) is 4.95. The fourth-order valence-electron chi connectivity index (χ4n) is 5.35. The molecule has 1 aliphatic rings. The van der Waals surface area contributed by atoms with Gasteiger partial charge in [-0.2, -0.15) is 0 Å². The molecular formula is C37H35N3O7S. The molecule has 0 saturated carbocycles. The average Bonchev–Trinajstić information content (AvgIpc) is 3.35. The first-order chi connectivity index (χ1) is 23.1. The number of amides is 4. The molecule has 0 spiro atoms. The molecule has 1 saturated heterocycles. The third-order valence-corrected chi connectivity index (χ3v) is 8.65. The van der Waals surface area contributed by atoms with Gasteiger partial charge in [-0.1, -0.05) is 30.3 Å². The van der Waals surface area contributed by atoms with Crippen LogP contribution in [0, 0.1) is 13.8 Å². The molecule has 1 fully saturated rings. The summed E-state index contributed by atoms with van der Waals surface area (Å²) in [6.07, 6.45) is 1.56. The van der Waals surface area contributed by atoms with E-state index in [0.29, 0.717) is 44.6 Å². The second kappa shape index (κ2) is 14.9. The molecule has 246 valence electrons. The van der Waals surface area contributed by atoms with Crippen LogP contribution in [-0.4, -0.2) is 50.2 Å². The van der Waals surface area contributed by atoms with Gasteiger partial charge in [0.05, 0.1) is 32.3 Å². The minimum absolute atomic E-state index is 0.0446. The Morgan fingerprint density at radius 3 is 2.12 bits per heavy atom. The number of imide groups is 1. The molecule has 0 aromatic heterocycles. The van der Waals surface area contributed by atoms with E-state index >= 15 is 0 Å². The van der Waals surface area contributed by atoms with Crippen LogP contribution >= 0.6 is 11.8 Å². The molecule has 48 heavy (non-hydrogen) atoms. The Kier molecular flexibility index (Phi) is 10.5. The van der Waals surface area contributed by atoms with E-state index in [2.05, 4.69) is 10.6 Å². The van der Waals surface area contributed by atoms with E-state index in [9.17, 15) is 19.2 Å². The lowest BCUT2D eigenvalue weighted by molar-refractivity contribution is -0.121. The standard InChI is InChI=1S/C37H35N3O7S/c1-22-14-23(2)16-27(15-22)40-33(41)21-32(37(40)44)48-28-13-9-12-26(20-28)38-36(43)29(39-35(42)25-10-7-6-8-11-25)17-24-18-30(45-3)34(47-5)31(19-24)46-4/h6-20,32H,21H2,1-5H3,(H,38,43)(H,39,42). The normalized spacial score (nSPS) is 14.5. The van der Waals surface area contributed by atoms with Crippen molar-refractivity contribution < 1.29 is 33.4 Å². The Morgan fingerprint density at radius 1 is 0.833 bits per heavy atom. The van der Waals surface area contributed by atoms with Gasteiger partial charge in [0.15, 0.2) is 11.5 Å². The number of benzene rings is 4. The number of carbonyl (C=O) groups is 4. The molecule has 5 rings (SSSR count). The molecule has 1 unspecified atom stereocenters. The molecule has 1 heterocycles. The molecule has 4 aromatic carbocycles. The van der Waals surface area contributed by atoms with Gasteiger partial charge < -0.3 is 24.8 Å². The Bertz CT molecular complexity index is 1860. The minimum Gasteiger partial charge on any atom is -0.493 e. The van der Waals surface area contributed by atoms with Gasteiger partial charge in [0.2, 0.25) is 17.6 Å². The van der Waals surface area contributed by atoms with Gasteiger partial charge in [0, 0.05) is 22.6 Å². The van der Waals surface area contributed by atoms with Crippen LogP contribution in [0.5, 0.6) is 17.2 Å². The second-order valence-electron chi connectivity index (χ2n) is 11.0. The highest BCUT2D eigenvalue weighted by atomic mass is 32.2. The first-order valence-corrected chi connectivity index (χ1v) is 15.9. The molecule has 10 nitrogen and oxygen atoms in total. The number of hydrogen-bond acceptors (Lipinski definition) is 8. The van der Waals surface area contributed by atoms with Gasteiger partial charge in [-0.3, -0.25) is 19.2 Å². The van der Waals surface area contributed by atoms with Crippen molar-refractivity contribution in [2.45, 2.75) is 30.4 Å². The molecule has 4 amide bonds. The van der Waals surface area contributed by atoms with Gasteiger partial charge in [-0.15, -0.1) is 11.8 Å². The van der Waals surface area contributed by atoms with Gasteiger partial charge in [-0.25, -0.2) is 4.90 Å². The van der Waals surface area contributed by atoms with E-state index in [-0.39, 0.29) is 23.9 Å². The van der Waals surface area contributed by atoms with Gasteiger partial charge in [0.1, 0.15) is 5.70 Å². The maximum atomic E-state index is 13.7. The minimum atomic E-state index is -0.620. The van der Waals surface area contributed by atoms with Crippen molar-refractivity contribution in [2.24, 2.45) is 0 Å². The maximum absolute atomic E-state index is 13.7. The molecule has 0 aliphatic carbocycles. The molecule has 0 bridgehead atoms. The van der Waals surface area contributed by atoms with E-state index in [1.54, 1.807) is 66.7 Å². The summed E-state index contributed by atoms with van der Waals surface area (Å²) in [5.74, 6) is -0.498. The van der Waals surface area contributed by atoms with Crippen molar-refractivity contribution in [1.82, 2.24) is 5.32 Å². The lowest BCUT2D eigenvalue weighted by Crippen LogP contribution is -2.31. The van der Waals surface area contributed by atoms with Crippen molar-refractivity contribution in [1.29, 1.82) is 0 Å². The highest BCUT2D eigenvalue weighted by Gasteiger charge is 2.40. The van der Waals surface area contributed by atoms with Crippen LogP contribution in [0.3, 0.4) is 0 Å². The van der Waals surface area contributed by atoms with Crippen LogP contribution in [0.1, 0.15) is 33.5 Å². The maximum Gasteiger partial charge on any atom is 0.272 e. The third kappa shape index (κ3) is 7.69. The van der Waals surface area contributed by atoms with E-state index in [1.165, 1.54) is 44.1 Å². The monoisotopic (exact) mass is 665 g/mol. The van der Waals surface area contributed by atoms with Crippen LogP contribution < -0.4 is 29.7 Å². The van der Waals surface area contributed by atoms with Crippen LogP contribution in [0.15, 0.2) is 95.5 Å². The summed E-state index contributed by atoms with van der Waals surface area (Å²) in [5.41, 5.74) is 3.74. The SMILES string of the molecule is COc1cc(C=C(NC(=O)c2ccccc2)C(=O)Nc2cccc(SC3CC(=O)N(c4cc(C)cc(C)c4)C3=O)c2)cc(OC)c1OC. The van der Waals surface area contributed by atoms with E-state index in [4.69, 9.17) is 14.2 Å². The zero-order valence-corrected chi connectivity index (χ0v) is 28.0. The van der Waals surface area contributed by atoms with Crippen LogP contribution in [0.4, 0.5) is 11.4 Å². The van der Waals surface area contributed by atoms with E-state index in [0.717, 1.165) is 11.1 Å². The van der Waals surface area contributed by atoms with Crippen molar-refractivity contribution in [3.63, 3.8) is 0 Å². The fraction of sp³-hybridized carbons (Fsp3) is 0.189. The molecule has 0 radical (unpaired) electrons. The molecule has 1 atom stereocenters. The zero-order valence-electron chi connectivity index (χ0n) is 27.2. The molecule has 1 aliphatic heterocycles. The Hall–Kier alpha value is -5.55. The quantitative estimate of drug-likeness (QED) is 0.144. The number of methoxy groups -OCH3 is 3. The Balaban J connectivity index is 1.39. The van der Waals surface area contributed by atoms with Gasteiger partial charge in [0.25, 0.3) is 11.8 Å². The average molecular weight is 666 g/mol. The third-order valence-electron chi connectivity index (χ3n) is 7.47.